The first kappa shape index (κ1) is 25.1. The van der Waals surface area contributed by atoms with Crippen molar-refractivity contribution >= 4 is 23.2 Å². The molecule has 1 aliphatic heterocycles. The number of likely N-dealkylation sites (tertiary alicyclic amines) is 1. The molecule has 4 aromatic rings. The Morgan fingerprint density at radius 3 is 2.45 bits per heavy atom. The SMILES string of the molecule is CN(C)c1cccc(C(=O)N2CCC(n3cc(NC(=O)c4ccccc4Oc4ccccc4)cn3)CC2)c1. The smallest absolute Gasteiger partial charge is 0.259 e. The van der Waals surface area contributed by atoms with Crippen LogP contribution in [0.25, 0.3) is 0 Å². The molecule has 8 heteroatoms. The Hall–Kier alpha value is -4.59. The molecular formula is C30H31N5O3. The Balaban J connectivity index is 1.19. The highest BCUT2D eigenvalue weighted by atomic mass is 16.5. The van der Waals surface area contributed by atoms with Crippen LogP contribution in [0, 0.1) is 0 Å². The van der Waals surface area contributed by atoms with E-state index in [1.54, 1.807) is 18.3 Å². The number of piperidine rings is 1. The van der Waals surface area contributed by atoms with Gasteiger partial charge < -0.3 is 19.9 Å². The third-order valence-corrected chi connectivity index (χ3v) is 6.70. The molecule has 0 radical (unpaired) electrons. The summed E-state index contributed by atoms with van der Waals surface area (Å²) in [5, 5.41) is 7.43. The van der Waals surface area contributed by atoms with E-state index in [9.17, 15) is 9.59 Å². The fourth-order valence-electron chi connectivity index (χ4n) is 4.59. The second-order valence-corrected chi connectivity index (χ2v) is 9.54. The van der Waals surface area contributed by atoms with Gasteiger partial charge in [0.05, 0.1) is 23.5 Å². The van der Waals surface area contributed by atoms with Gasteiger partial charge in [0.15, 0.2) is 0 Å². The molecule has 1 aromatic heterocycles. The first-order valence-corrected chi connectivity index (χ1v) is 12.7. The number of amides is 2. The van der Waals surface area contributed by atoms with Crippen LogP contribution in [0.3, 0.4) is 0 Å². The van der Waals surface area contributed by atoms with E-state index in [1.165, 1.54) is 0 Å². The lowest BCUT2D eigenvalue weighted by molar-refractivity contribution is 0.0689. The van der Waals surface area contributed by atoms with Gasteiger partial charge >= 0.3 is 0 Å². The van der Waals surface area contributed by atoms with Gasteiger partial charge in [0.1, 0.15) is 11.5 Å². The van der Waals surface area contributed by atoms with Crippen LogP contribution in [-0.2, 0) is 0 Å². The van der Waals surface area contributed by atoms with Gasteiger partial charge in [0.2, 0.25) is 0 Å². The lowest BCUT2D eigenvalue weighted by Gasteiger charge is -2.32. The van der Waals surface area contributed by atoms with Gasteiger partial charge in [-0.15, -0.1) is 0 Å². The molecule has 38 heavy (non-hydrogen) atoms. The molecule has 1 fully saturated rings. The zero-order chi connectivity index (χ0) is 26.5. The van der Waals surface area contributed by atoms with E-state index < -0.39 is 0 Å². The monoisotopic (exact) mass is 509 g/mol. The zero-order valence-electron chi connectivity index (χ0n) is 21.6. The Morgan fingerprint density at radius 1 is 0.947 bits per heavy atom. The van der Waals surface area contributed by atoms with Crippen molar-refractivity contribution in [1.29, 1.82) is 0 Å². The number of benzene rings is 3. The van der Waals surface area contributed by atoms with E-state index in [1.807, 2.05) is 102 Å². The van der Waals surface area contributed by atoms with E-state index in [4.69, 9.17) is 4.74 Å². The predicted octanol–water partition coefficient (Wildman–Crippen LogP) is 5.47. The molecule has 0 bridgehead atoms. The van der Waals surface area contributed by atoms with Gasteiger partial charge in [-0.05, 0) is 55.3 Å². The maximum Gasteiger partial charge on any atom is 0.259 e. The molecule has 2 heterocycles. The summed E-state index contributed by atoms with van der Waals surface area (Å²) in [6.07, 6.45) is 5.09. The van der Waals surface area contributed by atoms with Crippen LogP contribution >= 0.6 is 0 Å². The number of anilines is 2. The molecule has 5 rings (SSSR count). The van der Waals surface area contributed by atoms with Crippen molar-refractivity contribution in [1.82, 2.24) is 14.7 Å². The summed E-state index contributed by atoms with van der Waals surface area (Å²) in [4.78, 5) is 30.0. The van der Waals surface area contributed by atoms with Crippen molar-refractivity contribution in [2.45, 2.75) is 18.9 Å². The summed E-state index contributed by atoms with van der Waals surface area (Å²) < 4.78 is 7.82. The zero-order valence-corrected chi connectivity index (χ0v) is 21.6. The Kier molecular flexibility index (Phi) is 7.40. The van der Waals surface area contributed by atoms with E-state index in [0.29, 0.717) is 41.4 Å². The van der Waals surface area contributed by atoms with Crippen molar-refractivity contribution in [3.63, 3.8) is 0 Å². The van der Waals surface area contributed by atoms with Gasteiger partial charge in [0.25, 0.3) is 11.8 Å². The molecule has 1 saturated heterocycles. The van der Waals surface area contributed by atoms with Crippen molar-refractivity contribution in [2.24, 2.45) is 0 Å². The number of para-hydroxylation sites is 2. The van der Waals surface area contributed by atoms with E-state index in [-0.39, 0.29) is 17.9 Å². The summed E-state index contributed by atoms with van der Waals surface area (Å²) >= 11 is 0. The maximum atomic E-state index is 13.1. The summed E-state index contributed by atoms with van der Waals surface area (Å²) in [7, 11) is 3.93. The first-order chi connectivity index (χ1) is 18.5. The number of aromatic nitrogens is 2. The number of carbonyl (C=O) groups is 2. The number of hydrogen-bond donors (Lipinski definition) is 1. The Bertz CT molecular complexity index is 1410. The number of hydrogen-bond acceptors (Lipinski definition) is 5. The molecule has 0 atom stereocenters. The largest absolute Gasteiger partial charge is 0.457 e. The van der Waals surface area contributed by atoms with Gasteiger partial charge in [-0.2, -0.15) is 5.10 Å². The molecule has 8 nitrogen and oxygen atoms in total. The van der Waals surface area contributed by atoms with Crippen LogP contribution in [0.15, 0.2) is 91.3 Å². The Morgan fingerprint density at radius 2 is 1.68 bits per heavy atom. The molecule has 3 aromatic carbocycles. The fraction of sp³-hybridized carbons (Fsp3) is 0.233. The minimum atomic E-state index is -0.267. The van der Waals surface area contributed by atoms with Crippen LogP contribution in [0.5, 0.6) is 11.5 Å². The predicted molar refractivity (Wildman–Crippen MR) is 148 cm³/mol. The lowest BCUT2D eigenvalue weighted by Crippen LogP contribution is -2.39. The van der Waals surface area contributed by atoms with Gasteiger partial charge in [-0.25, -0.2) is 0 Å². The number of nitrogens with one attached hydrogen (secondary N) is 1. The number of ether oxygens (including phenoxy) is 1. The van der Waals surface area contributed by atoms with Gasteiger partial charge in [-0.3, -0.25) is 14.3 Å². The second-order valence-electron chi connectivity index (χ2n) is 9.54. The second kappa shape index (κ2) is 11.2. The van der Waals surface area contributed by atoms with Crippen LogP contribution in [0.1, 0.15) is 39.6 Å². The topological polar surface area (TPSA) is 79.7 Å². The molecular weight excluding hydrogens is 478 g/mol. The first-order valence-electron chi connectivity index (χ1n) is 12.7. The number of carbonyl (C=O) groups excluding carboxylic acids is 2. The summed E-state index contributed by atoms with van der Waals surface area (Å²) in [6.45, 7) is 1.31. The van der Waals surface area contributed by atoms with E-state index in [2.05, 4.69) is 10.4 Å². The van der Waals surface area contributed by atoms with Crippen molar-refractivity contribution in [2.75, 3.05) is 37.4 Å². The third-order valence-electron chi connectivity index (χ3n) is 6.70. The van der Waals surface area contributed by atoms with Crippen molar-refractivity contribution in [3.8, 4) is 11.5 Å². The average molecular weight is 510 g/mol. The minimum absolute atomic E-state index is 0.0527. The van der Waals surface area contributed by atoms with E-state index in [0.717, 1.165) is 18.5 Å². The average Bonchev–Trinajstić information content (AvgIpc) is 3.42. The van der Waals surface area contributed by atoms with Crippen LogP contribution in [-0.4, -0.2) is 53.7 Å². The fourth-order valence-corrected chi connectivity index (χ4v) is 4.59. The molecule has 1 N–H and O–H groups in total. The molecule has 0 spiro atoms. The molecule has 0 aliphatic carbocycles. The van der Waals surface area contributed by atoms with Crippen LogP contribution in [0.2, 0.25) is 0 Å². The van der Waals surface area contributed by atoms with Crippen LogP contribution < -0.4 is 15.0 Å². The van der Waals surface area contributed by atoms with E-state index >= 15 is 0 Å². The highest BCUT2D eigenvalue weighted by Crippen LogP contribution is 2.27. The number of rotatable bonds is 7. The van der Waals surface area contributed by atoms with Gasteiger partial charge in [-0.1, -0.05) is 36.4 Å². The highest BCUT2D eigenvalue weighted by Gasteiger charge is 2.25. The van der Waals surface area contributed by atoms with Gasteiger partial charge in [0, 0.05) is 44.6 Å². The minimum Gasteiger partial charge on any atom is -0.457 e. The standard InChI is InChI=1S/C30H31N5O3/c1-33(2)25-10-8-9-22(19-25)30(37)34-17-15-24(16-18-34)35-21-23(20-31-35)32-29(36)27-13-6-7-14-28(27)38-26-11-4-3-5-12-26/h3-14,19-21,24H,15-18H2,1-2H3,(H,32,36). The molecule has 194 valence electrons. The van der Waals surface area contributed by atoms with Crippen molar-refractivity contribution < 1.29 is 14.3 Å². The third kappa shape index (κ3) is 5.70. The number of nitrogens with zero attached hydrogens (tertiary/aromatic N) is 4. The molecule has 0 unspecified atom stereocenters. The summed E-state index contributed by atoms with van der Waals surface area (Å²) in [5.41, 5.74) is 2.76. The highest BCUT2D eigenvalue weighted by molar-refractivity contribution is 6.06. The Labute approximate surface area is 222 Å². The quantitative estimate of drug-likeness (QED) is 0.357. The summed E-state index contributed by atoms with van der Waals surface area (Å²) in [6, 6.07) is 24.4. The normalized spacial score (nSPS) is 13.7. The molecule has 0 saturated carbocycles. The summed E-state index contributed by atoms with van der Waals surface area (Å²) in [5.74, 6) is 0.931. The van der Waals surface area contributed by atoms with Crippen LogP contribution in [0.4, 0.5) is 11.4 Å². The molecule has 2 amide bonds. The lowest BCUT2D eigenvalue weighted by atomic mass is 10.0. The maximum absolute atomic E-state index is 13.1. The van der Waals surface area contributed by atoms with Crippen molar-refractivity contribution in [3.05, 3.63) is 102 Å². The molecule has 1 aliphatic rings.